The zero-order valence-electron chi connectivity index (χ0n) is 21.3. The van der Waals surface area contributed by atoms with Gasteiger partial charge in [0.2, 0.25) is 0 Å². The first-order valence-electron chi connectivity index (χ1n) is 12.7. The Labute approximate surface area is 204 Å². The molecule has 0 amide bonds. The minimum Gasteiger partial charge on any atom is -0.493 e. The van der Waals surface area contributed by atoms with Crippen LogP contribution in [0.4, 0.5) is 0 Å². The van der Waals surface area contributed by atoms with Crippen molar-refractivity contribution in [1.82, 2.24) is 9.55 Å². The fraction of sp³-hybridized carbons (Fsp3) is 0.387. The summed E-state index contributed by atoms with van der Waals surface area (Å²) in [6.45, 7) is 12.7. The molecule has 3 heteroatoms. The lowest BCUT2D eigenvalue weighted by Gasteiger charge is -2.16. The van der Waals surface area contributed by atoms with Gasteiger partial charge in [0.25, 0.3) is 0 Å². The molecule has 0 aliphatic rings. The highest BCUT2D eigenvalue weighted by molar-refractivity contribution is 5.76. The number of nitrogens with zero attached hydrogens (tertiary/aromatic N) is 2. The van der Waals surface area contributed by atoms with Gasteiger partial charge in [0.05, 0.1) is 17.6 Å². The summed E-state index contributed by atoms with van der Waals surface area (Å²) >= 11 is 0. The average Bonchev–Trinajstić information content (AvgIpc) is 3.19. The van der Waals surface area contributed by atoms with Crippen molar-refractivity contribution in [3.8, 4) is 5.75 Å². The van der Waals surface area contributed by atoms with Crippen molar-refractivity contribution < 1.29 is 4.74 Å². The van der Waals surface area contributed by atoms with Crippen molar-refractivity contribution in [1.29, 1.82) is 0 Å². The Bertz CT molecular complexity index is 1220. The van der Waals surface area contributed by atoms with Crippen molar-refractivity contribution in [2.45, 2.75) is 66.3 Å². The number of benzene rings is 3. The number of aryl methyl sites for hydroxylation is 3. The van der Waals surface area contributed by atoms with Crippen LogP contribution in [0.5, 0.6) is 5.75 Å². The Balaban J connectivity index is 1.46. The first-order valence-corrected chi connectivity index (χ1v) is 12.7. The van der Waals surface area contributed by atoms with E-state index in [0.717, 1.165) is 49.5 Å². The first-order chi connectivity index (χ1) is 16.4. The average molecular weight is 455 g/mol. The number of para-hydroxylation sites is 2. The summed E-state index contributed by atoms with van der Waals surface area (Å²) < 4.78 is 8.50. The highest BCUT2D eigenvalue weighted by atomic mass is 16.5. The fourth-order valence-electron chi connectivity index (χ4n) is 4.64. The molecule has 34 heavy (non-hydrogen) atoms. The summed E-state index contributed by atoms with van der Waals surface area (Å²) in [5.41, 5.74) is 7.46. The second-order valence-corrected chi connectivity index (χ2v) is 10.00. The molecule has 0 saturated heterocycles. The molecule has 0 fully saturated rings. The molecule has 0 aliphatic carbocycles. The lowest BCUT2D eigenvalue weighted by atomic mass is 9.96. The van der Waals surface area contributed by atoms with Gasteiger partial charge in [0.15, 0.2) is 0 Å². The van der Waals surface area contributed by atoms with E-state index < -0.39 is 0 Å². The number of fused-ring (bicyclic) bond motifs is 1. The van der Waals surface area contributed by atoms with E-state index in [0.29, 0.717) is 5.92 Å². The van der Waals surface area contributed by atoms with Crippen LogP contribution in [0.25, 0.3) is 11.0 Å². The standard InChI is InChI=1S/C31H38N2O/c1-22(2)20-26-14-16-27(17-15-26)25(5)31-32-28-10-6-7-11-29(28)33(31)18-8-9-19-34-30-21-23(3)12-13-24(30)4/h6-7,10-17,21-22,25H,8-9,18-20H2,1-5H3. The highest BCUT2D eigenvalue weighted by Crippen LogP contribution is 2.28. The quantitative estimate of drug-likeness (QED) is 0.228. The molecule has 0 bridgehead atoms. The zero-order valence-corrected chi connectivity index (χ0v) is 21.3. The molecule has 0 spiro atoms. The third-order valence-corrected chi connectivity index (χ3v) is 6.57. The topological polar surface area (TPSA) is 27.1 Å². The van der Waals surface area contributed by atoms with E-state index in [1.165, 1.54) is 27.8 Å². The first kappa shape index (κ1) is 24.1. The van der Waals surface area contributed by atoms with Crippen molar-refractivity contribution in [2.24, 2.45) is 5.92 Å². The Kier molecular flexibility index (Phi) is 7.72. The predicted molar refractivity (Wildman–Crippen MR) is 143 cm³/mol. The van der Waals surface area contributed by atoms with Gasteiger partial charge >= 0.3 is 0 Å². The monoisotopic (exact) mass is 454 g/mol. The van der Waals surface area contributed by atoms with Crippen LogP contribution in [-0.2, 0) is 13.0 Å². The Morgan fingerprint density at radius 1 is 0.882 bits per heavy atom. The largest absolute Gasteiger partial charge is 0.493 e. The molecule has 3 aromatic carbocycles. The number of aromatic nitrogens is 2. The van der Waals surface area contributed by atoms with Crippen LogP contribution in [0.3, 0.4) is 0 Å². The van der Waals surface area contributed by atoms with Crippen LogP contribution in [0, 0.1) is 19.8 Å². The van der Waals surface area contributed by atoms with Crippen LogP contribution in [0.15, 0.2) is 66.7 Å². The molecule has 178 valence electrons. The van der Waals surface area contributed by atoms with E-state index in [1.807, 2.05) is 0 Å². The molecule has 0 aliphatic heterocycles. The van der Waals surface area contributed by atoms with Gasteiger partial charge in [-0.25, -0.2) is 4.98 Å². The number of imidazole rings is 1. The maximum absolute atomic E-state index is 6.09. The van der Waals surface area contributed by atoms with Crippen molar-refractivity contribution in [3.63, 3.8) is 0 Å². The molecule has 4 aromatic rings. The molecule has 1 unspecified atom stereocenters. The van der Waals surface area contributed by atoms with Gasteiger partial charge in [-0.05, 0) is 79.5 Å². The molecule has 3 nitrogen and oxygen atoms in total. The fourth-order valence-corrected chi connectivity index (χ4v) is 4.64. The summed E-state index contributed by atoms with van der Waals surface area (Å²) in [6.07, 6.45) is 3.19. The van der Waals surface area contributed by atoms with Gasteiger partial charge in [-0.3, -0.25) is 0 Å². The van der Waals surface area contributed by atoms with Crippen LogP contribution in [0.2, 0.25) is 0 Å². The zero-order chi connectivity index (χ0) is 24.1. The Hall–Kier alpha value is -3.07. The molecule has 4 rings (SSSR count). The smallest absolute Gasteiger partial charge is 0.122 e. The number of ether oxygens (including phenoxy) is 1. The van der Waals surface area contributed by atoms with Gasteiger partial charge in [-0.15, -0.1) is 0 Å². The number of hydrogen-bond donors (Lipinski definition) is 0. The molecular weight excluding hydrogens is 416 g/mol. The molecule has 1 heterocycles. The van der Waals surface area contributed by atoms with Gasteiger partial charge < -0.3 is 9.30 Å². The summed E-state index contributed by atoms with van der Waals surface area (Å²) in [4.78, 5) is 5.06. The Morgan fingerprint density at radius 2 is 1.65 bits per heavy atom. The van der Waals surface area contributed by atoms with E-state index in [9.17, 15) is 0 Å². The van der Waals surface area contributed by atoms with Crippen molar-refractivity contribution >= 4 is 11.0 Å². The third kappa shape index (κ3) is 5.70. The predicted octanol–water partition coefficient (Wildman–Crippen LogP) is 7.86. The minimum atomic E-state index is 0.242. The van der Waals surface area contributed by atoms with Gasteiger partial charge in [-0.2, -0.15) is 0 Å². The third-order valence-electron chi connectivity index (χ3n) is 6.57. The number of hydrogen-bond acceptors (Lipinski definition) is 2. The Morgan fingerprint density at radius 3 is 2.41 bits per heavy atom. The van der Waals surface area contributed by atoms with Gasteiger partial charge in [0.1, 0.15) is 11.6 Å². The van der Waals surface area contributed by atoms with E-state index in [-0.39, 0.29) is 5.92 Å². The van der Waals surface area contributed by atoms with E-state index in [4.69, 9.17) is 9.72 Å². The second kappa shape index (κ2) is 10.9. The summed E-state index contributed by atoms with van der Waals surface area (Å²) in [5.74, 6) is 3.06. The van der Waals surface area contributed by atoms with Crippen LogP contribution < -0.4 is 4.74 Å². The molecule has 0 radical (unpaired) electrons. The van der Waals surface area contributed by atoms with Gasteiger partial charge in [-0.1, -0.05) is 69.3 Å². The van der Waals surface area contributed by atoms with E-state index >= 15 is 0 Å². The maximum Gasteiger partial charge on any atom is 0.122 e. The number of rotatable bonds is 10. The summed E-state index contributed by atoms with van der Waals surface area (Å²) in [7, 11) is 0. The molecule has 0 saturated carbocycles. The van der Waals surface area contributed by atoms with Crippen molar-refractivity contribution in [2.75, 3.05) is 6.61 Å². The molecule has 1 atom stereocenters. The highest BCUT2D eigenvalue weighted by Gasteiger charge is 2.18. The second-order valence-electron chi connectivity index (χ2n) is 10.00. The lowest BCUT2D eigenvalue weighted by Crippen LogP contribution is -2.10. The van der Waals surface area contributed by atoms with E-state index in [2.05, 4.69) is 106 Å². The molecular formula is C31H38N2O. The SMILES string of the molecule is Cc1ccc(C)c(OCCCCn2c(C(C)c3ccc(CC(C)C)cc3)nc3ccccc32)c1. The molecule has 0 N–H and O–H groups in total. The van der Waals surface area contributed by atoms with Crippen LogP contribution >= 0.6 is 0 Å². The summed E-state index contributed by atoms with van der Waals surface area (Å²) in [6, 6.07) is 24.0. The molecule has 1 aromatic heterocycles. The minimum absolute atomic E-state index is 0.242. The lowest BCUT2D eigenvalue weighted by molar-refractivity contribution is 0.301. The maximum atomic E-state index is 6.09. The number of unbranched alkanes of at least 4 members (excludes halogenated alkanes) is 1. The summed E-state index contributed by atoms with van der Waals surface area (Å²) in [5, 5.41) is 0. The van der Waals surface area contributed by atoms with E-state index in [1.54, 1.807) is 0 Å². The normalized spacial score (nSPS) is 12.4. The van der Waals surface area contributed by atoms with Crippen LogP contribution in [0.1, 0.15) is 67.6 Å². The van der Waals surface area contributed by atoms with Gasteiger partial charge in [0, 0.05) is 12.5 Å². The van der Waals surface area contributed by atoms with Crippen LogP contribution in [-0.4, -0.2) is 16.2 Å². The van der Waals surface area contributed by atoms with Crippen molar-refractivity contribution in [3.05, 3.63) is 94.8 Å².